The second-order valence-corrected chi connectivity index (χ2v) is 3.47. The average Bonchev–Trinajstić information content (AvgIpc) is 2.31. The third kappa shape index (κ3) is 1.84. The Bertz CT molecular complexity index is 431. The van der Waals surface area contributed by atoms with Crippen LogP contribution in [0.15, 0.2) is 18.2 Å². The Morgan fingerprint density at radius 1 is 1.56 bits per heavy atom. The third-order valence-corrected chi connectivity index (χ3v) is 2.44. The summed E-state index contributed by atoms with van der Waals surface area (Å²) < 4.78 is 5.28. The van der Waals surface area contributed by atoms with Gasteiger partial charge in [0, 0.05) is 12.7 Å². The van der Waals surface area contributed by atoms with E-state index < -0.39 is 0 Å². The molecule has 1 aromatic carbocycles. The van der Waals surface area contributed by atoms with Crippen molar-refractivity contribution in [3.05, 3.63) is 18.2 Å². The van der Waals surface area contributed by atoms with Gasteiger partial charge in [0.25, 0.3) is 5.91 Å². The Morgan fingerprint density at radius 3 is 3.12 bits per heavy atom. The zero-order valence-corrected chi connectivity index (χ0v) is 8.90. The van der Waals surface area contributed by atoms with E-state index >= 15 is 0 Å². The third-order valence-electron chi connectivity index (χ3n) is 2.44. The van der Waals surface area contributed by atoms with Gasteiger partial charge in [-0.25, -0.2) is 0 Å². The molecule has 0 fully saturated rings. The van der Waals surface area contributed by atoms with Crippen LogP contribution in [0.3, 0.4) is 0 Å². The lowest BCUT2D eigenvalue weighted by Crippen LogP contribution is -2.35. The average molecular weight is 220 g/mol. The highest BCUT2D eigenvalue weighted by atomic mass is 16.5. The van der Waals surface area contributed by atoms with Gasteiger partial charge in [-0.05, 0) is 18.2 Å². The van der Waals surface area contributed by atoms with Crippen LogP contribution >= 0.6 is 0 Å². The maximum Gasteiger partial charge on any atom is 0.264 e. The lowest BCUT2D eigenvalue weighted by atomic mass is 10.2. The summed E-state index contributed by atoms with van der Waals surface area (Å²) in [4.78, 5) is 23.2. The van der Waals surface area contributed by atoms with Gasteiger partial charge >= 0.3 is 0 Å². The summed E-state index contributed by atoms with van der Waals surface area (Å²) in [5.41, 5.74) is 1.50. The maximum atomic E-state index is 11.4. The van der Waals surface area contributed by atoms with Gasteiger partial charge in [0.05, 0.1) is 12.2 Å². The predicted molar refractivity (Wildman–Crippen MR) is 59.9 cm³/mol. The number of rotatable bonds is 3. The first-order valence-electron chi connectivity index (χ1n) is 4.93. The SMILES string of the molecule is CN1C(=O)COc2ccc(NCC=O)cc21. The van der Waals surface area contributed by atoms with E-state index in [1.807, 2.05) is 6.07 Å². The Hall–Kier alpha value is -2.04. The highest BCUT2D eigenvalue weighted by molar-refractivity contribution is 5.97. The number of benzene rings is 1. The number of likely N-dealkylation sites (N-methyl/N-ethyl adjacent to an activating group) is 1. The number of carbonyl (C=O) groups is 2. The zero-order valence-electron chi connectivity index (χ0n) is 8.90. The molecule has 0 aliphatic carbocycles. The molecule has 5 nitrogen and oxygen atoms in total. The van der Waals surface area contributed by atoms with Crippen molar-refractivity contribution in [1.29, 1.82) is 0 Å². The summed E-state index contributed by atoms with van der Waals surface area (Å²) in [6.45, 7) is 0.321. The minimum Gasteiger partial charge on any atom is -0.482 e. The normalized spacial score (nSPS) is 14.1. The van der Waals surface area contributed by atoms with Gasteiger partial charge in [-0.15, -0.1) is 0 Å². The van der Waals surface area contributed by atoms with Crippen LogP contribution in [0.1, 0.15) is 0 Å². The van der Waals surface area contributed by atoms with Crippen LogP contribution in [-0.2, 0) is 9.59 Å². The van der Waals surface area contributed by atoms with Crippen LogP contribution in [0, 0.1) is 0 Å². The van der Waals surface area contributed by atoms with Crippen molar-refractivity contribution in [2.75, 3.05) is 30.4 Å². The summed E-state index contributed by atoms with van der Waals surface area (Å²) in [5.74, 6) is 0.596. The Balaban J connectivity index is 2.29. The molecule has 5 heteroatoms. The quantitative estimate of drug-likeness (QED) is 0.760. The minimum atomic E-state index is -0.0833. The molecular formula is C11H12N2O3. The highest BCUT2D eigenvalue weighted by Crippen LogP contribution is 2.33. The van der Waals surface area contributed by atoms with Crippen molar-refractivity contribution < 1.29 is 14.3 Å². The van der Waals surface area contributed by atoms with Crippen molar-refractivity contribution in [3.8, 4) is 5.75 Å². The van der Waals surface area contributed by atoms with Crippen molar-refractivity contribution in [1.82, 2.24) is 0 Å². The monoisotopic (exact) mass is 220 g/mol. The lowest BCUT2D eigenvalue weighted by molar-refractivity contribution is -0.121. The first kappa shape index (κ1) is 10.5. The molecule has 0 saturated heterocycles. The van der Waals surface area contributed by atoms with Gasteiger partial charge in [0.15, 0.2) is 6.61 Å². The van der Waals surface area contributed by atoms with Crippen LogP contribution in [0.4, 0.5) is 11.4 Å². The van der Waals surface area contributed by atoms with Gasteiger partial charge < -0.3 is 19.7 Å². The van der Waals surface area contributed by atoms with Crippen molar-refractivity contribution >= 4 is 23.6 Å². The molecule has 84 valence electrons. The highest BCUT2D eigenvalue weighted by Gasteiger charge is 2.22. The van der Waals surface area contributed by atoms with E-state index in [1.54, 1.807) is 24.1 Å². The minimum absolute atomic E-state index is 0.0740. The molecule has 0 spiro atoms. The fourth-order valence-corrected chi connectivity index (χ4v) is 1.54. The topological polar surface area (TPSA) is 58.6 Å². The number of amides is 1. The standard InChI is InChI=1S/C11H12N2O3/c1-13-9-6-8(12-4-5-14)2-3-10(9)16-7-11(13)15/h2-3,5-6,12H,4,7H2,1H3. The molecule has 1 heterocycles. The van der Waals surface area contributed by atoms with E-state index in [1.165, 1.54) is 0 Å². The number of anilines is 2. The number of hydrogen-bond donors (Lipinski definition) is 1. The van der Waals surface area contributed by atoms with E-state index in [2.05, 4.69) is 5.32 Å². The molecule has 0 bridgehead atoms. The van der Waals surface area contributed by atoms with Crippen molar-refractivity contribution in [3.63, 3.8) is 0 Å². The number of aldehydes is 1. The summed E-state index contributed by atoms with van der Waals surface area (Å²) in [6.07, 6.45) is 0.783. The molecule has 1 aromatic rings. The Kier molecular flexibility index (Phi) is 2.76. The van der Waals surface area contributed by atoms with E-state index in [4.69, 9.17) is 4.74 Å². The molecule has 0 saturated carbocycles. The molecule has 1 aliphatic heterocycles. The van der Waals surface area contributed by atoms with Gasteiger partial charge in [0.1, 0.15) is 12.0 Å². The summed E-state index contributed by atoms with van der Waals surface area (Å²) in [7, 11) is 1.70. The zero-order chi connectivity index (χ0) is 11.5. The molecule has 0 atom stereocenters. The largest absolute Gasteiger partial charge is 0.482 e. The summed E-state index contributed by atoms with van der Waals surface area (Å²) in [5, 5.41) is 2.92. The molecule has 16 heavy (non-hydrogen) atoms. The van der Waals surface area contributed by atoms with E-state index in [0.717, 1.165) is 12.0 Å². The van der Waals surface area contributed by atoms with Gasteiger partial charge in [-0.2, -0.15) is 0 Å². The van der Waals surface area contributed by atoms with Crippen LogP contribution < -0.4 is 15.0 Å². The van der Waals surface area contributed by atoms with Crippen LogP contribution in [0.2, 0.25) is 0 Å². The molecule has 2 rings (SSSR count). The molecular weight excluding hydrogens is 208 g/mol. The van der Waals surface area contributed by atoms with Crippen LogP contribution in [-0.4, -0.2) is 32.4 Å². The molecule has 0 unspecified atom stereocenters. The van der Waals surface area contributed by atoms with Crippen molar-refractivity contribution in [2.45, 2.75) is 0 Å². The number of fused-ring (bicyclic) bond motifs is 1. The fraction of sp³-hybridized carbons (Fsp3) is 0.273. The number of carbonyl (C=O) groups excluding carboxylic acids is 2. The summed E-state index contributed by atoms with van der Waals surface area (Å²) >= 11 is 0. The smallest absolute Gasteiger partial charge is 0.264 e. The maximum absolute atomic E-state index is 11.4. The molecule has 1 aliphatic rings. The van der Waals surface area contributed by atoms with Crippen molar-refractivity contribution in [2.24, 2.45) is 0 Å². The van der Waals surface area contributed by atoms with Gasteiger partial charge in [0.2, 0.25) is 0 Å². The van der Waals surface area contributed by atoms with Gasteiger partial charge in [-0.3, -0.25) is 4.79 Å². The first-order chi connectivity index (χ1) is 7.72. The number of nitrogens with one attached hydrogen (secondary N) is 1. The lowest BCUT2D eigenvalue weighted by Gasteiger charge is -2.26. The van der Waals surface area contributed by atoms with E-state index in [9.17, 15) is 9.59 Å². The second-order valence-electron chi connectivity index (χ2n) is 3.47. The Labute approximate surface area is 93.0 Å². The van der Waals surface area contributed by atoms with E-state index in [-0.39, 0.29) is 19.1 Å². The molecule has 1 N–H and O–H groups in total. The second kappa shape index (κ2) is 4.22. The van der Waals surface area contributed by atoms with Gasteiger partial charge in [-0.1, -0.05) is 0 Å². The Morgan fingerprint density at radius 2 is 2.38 bits per heavy atom. The number of nitrogens with zero attached hydrogens (tertiary/aromatic N) is 1. The molecule has 0 radical (unpaired) electrons. The number of ether oxygens (including phenoxy) is 1. The van der Waals surface area contributed by atoms with E-state index in [0.29, 0.717) is 11.4 Å². The first-order valence-corrected chi connectivity index (χ1v) is 4.93. The summed E-state index contributed by atoms with van der Waals surface area (Å²) in [6, 6.07) is 5.38. The van der Waals surface area contributed by atoms with Crippen LogP contribution in [0.5, 0.6) is 5.75 Å². The molecule has 1 amide bonds. The number of hydrogen-bond acceptors (Lipinski definition) is 4. The predicted octanol–water partition coefficient (Wildman–Crippen LogP) is 0.653. The van der Waals surface area contributed by atoms with Crippen LogP contribution in [0.25, 0.3) is 0 Å². The molecule has 0 aromatic heterocycles. The fourth-order valence-electron chi connectivity index (χ4n) is 1.54.